The van der Waals surface area contributed by atoms with Crippen molar-refractivity contribution in [3.05, 3.63) is 65.2 Å². The van der Waals surface area contributed by atoms with E-state index in [-0.39, 0.29) is 12.5 Å². The summed E-state index contributed by atoms with van der Waals surface area (Å²) in [5.74, 6) is -0.0228. The van der Waals surface area contributed by atoms with Crippen molar-refractivity contribution >= 4 is 16.9 Å². The molecule has 0 saturated carbocycles. The molecule has 7 heteroatoms. The molecule has 3 heterocycles. The van der Waals surface area contributed by atoms with Gasteiger partial charge in [-0.15, -0.1) is 0 Å². The molecule has 154 valence electrons. The molecular formula is C23H26N6O. The van der Waals surface area contributed by atoms with Gasteiger partial charge in [0.1, 0.15) is 6.54 Å². The van der Waals surface area contributed by atoms with E-state index in [9.17, 15) is 4.79 Å². The molecule has 0 N–H and O–H groups in total. The van der Waals surface area contributed by atoms with E-state index in [0.29, 0.717) is 6.54 Å². The number of benzene rings is 1. The maximum atomic E-state index is 12.9. The second-order valence-electron chi connectivity index (χ2n) is 7.80. The van der Waals surface area contributed by atoms with Crippen LogP contribution in [0.4, 0.5) is 0 Å². The van der Waals surface area contributed by atoms with E-state index in [1.54, 1.807) is 22.8 Å². The Morgan fingerprint density at radius 2 is 1.97 bits per heavy atom. The molecule has 0 spiro atoms. The molecule has 0 aliphatic rings. The quantitative estimate of drug-likeness (QED) is 0.513. The number of carbonyl (C=O) groups excluding carboxylic acids is 1. The Labute approximate surface area is 176 Å². The van der Waals surface area contributed by atoms with Crippen LogP contribution in [0.3, 0.4) is 0 Å². The normalized spacial score (nSPS) is 11.2. The smallest absolute Gasteiger partial charge is 0.244 e. The lowest BCUT2D eigenvalue weighted by Gasteiger charge is -2.17. The van der Waals surface area contributed by atoms with E-state index in [1.807, 2.05) is 37.8 Å². The molecule has 0 saturated heterocycles. The van der Waals surface area contributed by atoms with E-state index in [2.05, 4.69) is 46.4 Å². The third kappa shape index (κ3) is 3.58. The Morgan fingerprint density at radius 1 is 1.17 bits per heavy atom. The third-order valence-corrected chi connectivity index (χ3v) is 5.59. The SMILES string of the molecule is Cc1cccc(-c2ccnc3c2c(C)nn3CC(=O)N(C)Cc2cnn(C)c2C)c1. The van der Waals surface area contributed by atoms with Crippen molar-refractivity contribution in [1.82, 2.24) is 29.4 Å². The maximum Gasteiger partial charge on any atom is 0.244 e. The van der Waals surface area contributed by atoms with Crippen LogP contribution in [0.5, 0.6) is 0 Å². The summed E-state index contributed by atoms with van der Waals surface area (Å²) in [5, 5.41) is 9.88. The zero-order valence-electron chi connectivity index (χ0n) is 18.0. The summed E-state index contributed by atoms with van der Waals surface area (Å²) in [6.45, 7) is 6.70. The van der Waals surface area contributed by atoms with Gasteiger partial charge in [-0.2, -0.15) is 10.2 Å². The van der Waals surface area contributed by atoms with E-state index < -0.39 is 0 Å². The molecule has 1 aromatic carbocycles. The van der Waals surface area contributed by atoms with Crippen molar-refractivity contribution in [2.24, 2.45) is 7.05 Å². The molecule has 3 aromatic heterocycles. The molecule has 1 amide bonds. The van der Waals surface area contributed by atoms with Gasteiger partial charge in [-0.1, -0.05) is 29.8 Å². The molecule has 0 bridgehead atoms. The van der Waals surface area contributed by atoms with Crippen molar-refractivity contribution in [2.45, 2.75) is 33.9 Å². The lowest BCUT2D eigenvalue weighted by atomic mass is 10.0. The number of amides is 1. The van der Waals surface area contributed by atoms with Gasteiger partial charge in [-0.05, 0) is 38.0 Å². The van der Waals surface area contributed by atoms with Crippen LogP contribution in [-0.2, 0) is 24.9 Å². The molecule has 0 aliphatic carbocycles. The van der Waals surface area contributed by atoms with Crippen LogP contribution >= 0.6 is 0 Å². The van der Waals surface area contributed by atoms with Crippen molar-refractivity contribution < 1.29 is 4.79 Å². The summed E-state index contributed by atoms with van der Waals surface area (Å²) in [4.78, 5) is 19.1. The zero-order chi connectivity index (χ0) is 21.4. The summed E-state index contributed by atoms with van der Waals surface area (Å²) in [6, 6.07) is 10.4. The maximum absolute atomic E-state index is 12.9. The van der Waals surface area contributed by atoms with Gasteiger partial charge >= 0.3 is 0 Å². The third-order valence-electron chi connectivity index (χ3n) is 5.59. The number of rotatable bonds is 5. The average molecular weight is 403 g/mol. The van der Waals surface area contributed by atoms with Gasteiger partial charge in [0.05, 0.1) is 11.9 Å². The fourth-order valence-corrected chi connectivity index (χ4v) is 3.74. The summed E-state index contributed by atoms with van der Waals surface area (Å²) in [7, 11) is 3.70. The van der Waals surface area contributed by atoms with Crippen LogP contribution in [0, 0.1) is 20.8 Å². The molecule has 7 nitrogen and oxygen atoms in total. The van der Waals surface area contributed by atoms with Gasteiger partial charge in [0.2, 0.25) is 5.91 Å². The highest BCUT2D eigenvalue weighted by Gasteiger charge is 2.18. The monoisotopic (exact) mass is 402 g/mol. The van der Waals surface area contributed by atoms with Crippen molar-refractivity contribution in [2.75, 3.05) is 7.05 Å². The fourth-order valence-electron chi connectivity index (χ4n) is 3.74. The van der Waals surface area contributed by atoms with E-state index >= 15 is 0 Å². The minimum absolute atomic E-state index is 0.0228. The Morgan fingerprint density at radius 3 is 2.67 bits per heavy atom. The minimum Gasteiger partial charge on any atom is -0.340 e. The predicted octanol–water partition coefficient (Wildman–Crippen LogP) is 3.42. The van der Waals surface area contributed by atoms with Crippen molar-refractivity contribution in [1.29, 1.82) is 0 Å². The molecular weight excluding hydrogens is 376 g/mol. The Bertz CT molecular complexity index is 1240. The van der Waals surface area contributed by atoms with Crippen LogP contribution in [-0.4, -0.2) is 42.4 Å². The first-order chi connectivity index (χ1) is 14.3. The van der Waals surface area contributed by atoms with Crippen LogP contribution in [0.15, 0.2) is 42.7 Å². The van der Waals surface area contributed by atoms with Crippen LogP contribution in [0.2, 0.25) is 0 Å². The summed E-state index contributed by atoms with van der Waals surface area (Å²) in [6.07, 6.45) is 3.59. The number of hydrogen-bond donors (Lipinski definition) is 0. The van der Waals surface area contributed by atoms with Gasteiger partial charge in [0.25, 0.3) is 0 Å². The Kier molecular flexibility index (Phi) is 5.11. The first-order valence-electron chi connectivity index (χ1n) is 9.95. The molecule has 0 radical (unpaired) electrons. The Balaban J connectivity index is 1.63. The van der Waals surface area contributed by atoms with E-state index in [0.717, 1.165) is 39.1 Å². The number of likely N-dealkylation sites (N-methyl/N-ethyl adjacent to an activating group) is 1. The first kappa shape index (κ1) is 19.8. The van der Waals surface area contributed by atoms with E-state index in [1.165, 1.54) is 5.56 Å². The van der Waals surface area contributed by atoms with Crippen LogP contribution < -0.4 is 0 Å². The lowest BCUT2D eigenvalue weighted by Crippen LogP contribution is -2.30. The number of nitrogens with zero attached hydrogens (tertiary/aromatic N) is 6. The topological polar surface area (TPSA) is 68.8 Å². The highest BCUT2D eigenvalue weighted by atomic mass is 16.2. The van der Waals surface area contributed by atoms with Crippen LogP contribution in [0.25, 0.3) is 22.2 Å². The summed E-state index contributed by atoms with van der Waals surface area (Å²) >= 11 is 0. The molecule has 30 heavy (non-hydrogen) atoms. The number of fused-ring (bicyclic) bond motifs is 1. The standard InChI is InChI=1S/C23H26N6O/c1-15-7-6-8-18(11-15)20-9-10-24-23-22(20)16(2)26-29(23)14-21(30)27(4)13-19-12-25-28(5)17(19)3/h6-12H,13-14H2,1-5H3. The number of carbonyl (C=O) groups is 1. The molecule has 0 atom stereocenters. The number of aromatic nitrogens is 5. The first-order valence-corrected chi connectivity index (χ1v) is 9.95. The van der Waals surface area contributed by atoms with Crippen LogP contribution in [0.1, 0.15) is 22.5 Å². The number of pyridine rings is 1. The second-order valence-corrected chi connectivity index (χ2v) is 7.80. The van der Waals surface area contributed by atoms with E-state index in [4.69, 9.17) is 0 Å². The number of hydrogen-bond acceptors (Lipinski definition) is 4. The summed E-state index contributed by atoms with van der Waals surface area (Å²) < 4.78 is 3.52. The largest absolute Gasteiger partial charge is 0.340 e. The van der Waals surface area contributed by atoms with Gasteiger partial charge < -0.3 is 4.90 Å². The van der Waals surface area contributed by atoms with Gasteiger partial charge in [-0.3, -0.25) is 9.48 Å². The predicted molar refractivity (Wildman–Crippen MR) is 117 cm³/mol. The summed E-state index contributed by atoms with van der Waals surface area (Å²) in [5.41, 5.74) is 7.10. The van der Waals surface area contributed by atoms with Crippen molar-refractivity contribution in [3.63, 3.8) is 0 Å². The average Bonchev–Trinajstić information content (AvgIpc) is 3.21. The molecule has 4 rings (SSSR count). The fraction of sp³-hybridized carbons (Fsp3) is 0.304. The zero-order valence-corrected chi connectivity index (χ0v) is 18.0. The number of aryl methyl sites for hydroxylation is 3. The van der Waals surface area contributed by atoms with Gasteiger partial charge in [0, 0.05) is 43.5 Å². The van der Waals surface area contributed by atoms with Gasteiger partial charge in [0.15, 0.2) is 5.65 Å². The lowest BCUT2D eigenvalue weighted by molar-refractivity contribution is -0.131. The minimum atomic E-state index is -0.0228. The molecule has 0 fully saturated rings. The Hall–Kier alpha value is -3.48. The highest BCUT2D eigenvalue weighted by molar-refractivity contribution is 5.95. The second kappa shape index (κ2) is 7.74. The molecule has 0 aliphatic heterocycles. The van der Waals surface area contributed by atoms with Crippen molar-refractivity contribution in [3.8, 4) is 11.1 Å². The molecule has 4 aromatic rings. The van der Waals surface area contributed by atoms with Gasteiger partial charge in [-0.25, -0.2) is 9.67 Å². The molecule has 0 unspecified atom stereocenters. The highest BCUT2D eigenvalue weighted by Crippen LogP contribution is 2.30.